The molecule has 114 valence electrons. The summed E-state index contributed by atoms with van der Waals surface area (Å²) >= 11 is 0. The third kappa shape index (κ3) is 5.71. The summed E-state index contributed by atoms with van der Waals surface area (Å²) in [5.41, 5.74) is 0.842. The zero-order chi connectivity index (χ0) is 15.1. The van der Waals surface area contributed by atoms with Crippen LogP contribution in [0.25, 0.3) is 0 Å². The molecule has 0 radical (unpaired) electrons. The molecular formula is C14H21F2NO3. The number of hydrogen-bond acceptors (Lipinski definition) is 4. The molecule has 0 saturated carbocycles. The van der Waals surface area contributed by atoms with Crippen molar-refractivity contribution in [1.82, 2.24) is 4.90 Å². The molecule has 0 aliphatic rings. The first-order valence-electron chi connectivity index (χ1n) is 6.40. The normalized spacial score (nSPS) is 12.8. The van der Waals surface area contributed by atoms with Gasteiger partial charge >= 0.3 is 6.61 Å². The van der Waals surface area contributed by atoms with Crippen LogP contribution in [0.15, 0.2) is 18.2 Å². The summed E-state index contributed by atoms with van der Waals surface area (Å²) in [5, 5.41) is 9.23. The van der Waals surface area contributed by atoms with Gasteiger partial charge in [0.2, 0.25) is 0 Å². The van der Waals surface area contributed by atoms with Crippen molar-refractivity contribution in [3.63, 3.8) is 0 Å². The third-order valence-electron chi connectivity index (χ3n) is 2.83. The molecule has 0 saturated heterocycles. The van der Waals surface area contributed by atoms with E-state index in [1.54, 1.807) is 25.1 Å². The van der Waals surface area contributed by atoms with Gasteiger partial charge in [0.15, 0.2) is 11.5 Å². The predicted molar refractivity (Wildman–Crippen MR) is 72.3 cm³/mol. The van der Waals surface area contributed by atoms with Crippen molar-refractivity contribution in [2.45, 2.75) is 32.6 Å². The van der Waals surface area contributed by atoms with E-state index >= 15 is 0 Å². The molecule has 1 unspecified atom stereocenters. The van der Waals surface area contributed by atoms with Gasteiger partial charge < -0.3 is 19.5 Å². The fourth-order valence-electron chi connectivity index (χ4n) is 1.81. The van der Waals surface area contributed by atoms with Crippen molar-refractivity contribution in [2.75, 3.05) is 20.7 Å². The monoisotopic (exact) mass is 289 g/mol. The van der Waals surface area contributed by atoms with E-state index in [0.717, 1.165) is 5.56 Å². The van der Waals surface area contributed by atoms with E-state index in [1.807, 2.05) is 11.9 Å². The van der Waals surface area contributed by atoms with Crippen LogP contribution in [0.4, 0.5) is 8.78 Å². The Bertz CT molecular complexity index is 413. The second-order valence-electron chi connectivity index (χ2n) is 4.74. The SMILES string of the molecule is COc1ccc(CN(C)CCC(C)O)cc1OC(F)F. The van der Waals surface area contributed by atoms with Crippen LogP contribution < -0.4 is 9.47 Å². The fraction of sp³-hybridized carbons (Fsp3) is 0.571. The first-order chi connectivity index (χ1) is 9.42. The van der Waals surface area contributed by atoms with Gasteiger partial charge in [-0.15, -0.1) is 0 Å². The molecule has 1 N–H and O–H groups in total. The molecule has 6 heteroatoms. The maximum atomic E-state index is 12.3. The van der Waals surface area contributed by atoms with Gasteiger partial charge in [-0.05, 0) is 38.1 Å². The van der Waals surface area contributed by atoms with Gasteiger partial charge in [0.05, 0.1) is 13.2 Å². The molecule has 1 aromatic rings. The smallest absolute Gasteiger partial charge is 0.387 e. The quantitative estimate of drug-likeness (QED) is 0.798. The average molecular weight is 289 g/mol. The van der Waals surface area contributed by atoms with E-state index in [-0.39, 0.29) is 17.6 Å². The average Bonchev–Trinajstić information content (AvgIpc) is 2.36. The maximum absolute atomic E-state index is 12.3. The fourth-order valence-corrected chi connectivity index (χ4v) is 1.81. The van der Waals surface area contributed by atoms with Crippen LogP contribution >= 0.6 is 0 Å². The van der Waals surface area contributed by atoms with Gasteiger partial charge in [-0.1, -0.05) is 6.07 Å². The van der Waals surface area contributed by atoms with E-state index in [2.05, 4.69) is 4.74 Å². The van der Waals surface area contributed by atoms with Gasteiger partial charge in [-0.25, -0.2) is 0 Å². The molecule has 0 aliphatic heterocycles. The molecule has 0 bridgehead atoms. The Morgan fingerprint density at radius 1 is 1.30 bits per heavy atom. The van der Waals surface area contributed by atoms with Crippen LogP contribution in [-0.2, 0) is 6.54 Å². The molecule has 0 heterocycles. The lowest BCUT2D eigenvalue weighted by molar-refractivity contribution is -0.0512. The molecule has 0 amide bonds. The summed E-state index contributed by atoms with van der Waals surface area (Å²) in [4.78, 5) is 2.00. The minimum atomic E-state index is -2.88. The highest BCUT2D eigenvalue weighted by Crippen LogP contribution is 2.29. The van der Waals surface area contributed by atoms with Gasteiger partial charge in [-0.2, -0.15) is 8.78 Å². The summed E-state index contributed by atoms with van der Waals surface area (Å²) in [5.74, 6) is 0.310. The summed E-state index contributed by atoms with van der Waals surface area (Å²) in [6.45, 7) is 0.146. The number of rotatable bonds is 8. The minimum Gasteiger partial charge on any atom is -0.493 e. The lowest BCUT2D eigenvalue weighted by atomic mass is 10.2. The number of benzene rings is 1. The van der Waals surface area contributed by atoms with Crippen LogP contribution in [0.3, 0.4) is 0 Å². The highest BCUT2D eigenvalue weighted by Gasteiger charge is 2.12. The Hall–Kier alpha value is -1.40. The van der Waals surface area contributed by atoms with E-state index in [1.165, 1.54) is 7.11 Å². The number of ether oxygens (including phenoxy) is 2. The zero-order valence-electron chi connectivity index (χ0n) is 12.0. The molecule has 0 fully saturated rings. The number of methoxy groups -OCH3 is 1. The van der Waals surface area contributed by atoms with E-state index in [4.69, 9.17) is 4.74 Å². The summed E-state index contributed by atoms with van der Waals surface area (Å²) in [6.07, 6.45) is 0.304. The van der Waals surface area contributed by atoms with E-state index < -0.39 is 6.61 Å². The maximum Gasteiger partial charge on any atom is 0.387 e. The minimum absolute atomic E-state index is 0.0314. The van der Waals surface area contributed by atoms with Gasteiger partial charge in [0.25, 0.3) is 0 Å². The molecule has 0 spiro atoms. The highest BCUT2D eigenvalue weighted by atomic mass is 19.3. The topological polar surface area (TPSA) is 41.9 Å². The molecule has 1 atom stereocenters. The first-order valence-corrected chi connectivity index (χ1v) is 6.40. The van der Waals surface area contributed by atoms with E-state index in [9.17, 15) is 13.9 Å². The summed E-state index contributed by atoms with van der Waals surface area (Å²) in [6, 6.07) is 4.95. The van der Waals surface area contributed by atoms with Crippen molar-refractivity contribution < 1.29 is 23.4 Å². The summed E-state index contributed by atoms with van der Waals surface area (Å²) in [7, 11) is 3.31. The Kier molecular flexibility index (Phi) is 6.67. The Morgan fingerprint density at radius 3 is 2.55 bits per heavy atom. The van der Waals surface area contributed by atoms with Gasteiger partial charge in [0, 0.05) is 13.1 Å². The lowest BCUT2D eigenvalue weighted by Gasteiger charge is -2.18. The van der Waals surface area contributed by atoms with E-state index in [0.29, 0.717) is 19.5 Å². The second kappa shape index (κ2) is 8.01. The third-order valence-corrected chi connectivity index (χ3v) is 2.83. The zero-order valence-corrected chi connectivity index (χ0v) is 12.0. The molecule has 20 heavy (non-hydrogen) atoms. The number of hydrogen-bond donors (Lipinski definition) is 1. The number of halogens is 2. The van der Waals surface area contributed by atoms with Crippen molar-refractivity contribution in [2.24, 2.45) is 0 Å². The number of alkyl halides is 2. The molecule has 1 rings (SSSR count). The standard InChI is InChI=1S/C14H21F2NO3/c1-10(18)6-7-17(2)9-11-4-5-12(19-3)13(8-11)20-14(15)16/h4-5,8,10,14,18H,6-7,9H2,1-3H3. The van der Waals surface area contributed by atoms with Crippen molar-refractivity contribution in [3.8, 4) is 11.5 Å². The van der Waals surface area contributed by atoms with Gasteiger partial charge in [0.1, 0.15) is 0 Å². The van der Waals surface area contributed by atoms with Crippen molar-refractivity contribution >= 4 is 0 Å². The largest absolute Gasteiger partial charge is 0.493 e. The van der Waals surface area contributed by atoms with Crippen LogP contribution in [0.2, 0.25) is 0 Å². The molecule has 1 aromatic carbocycles. The second-order valence-corrected chi connectivity index (χ2v) is 4.74. The number of aliphatic hydroxyl groups excluding tert-OH is 1. The lowest BCUT2D eigenvalue weighted by Crippen LogP contribution is -2.22. The van der Waals surface area contributed by atoms with Crippen LogP contribution in [0.1, 0.15) is 18.9 Å². The predicted octanol–water partition coefficient (Wildman–Crippen LogP) is 2.50. The Balaban J connectivity index is 2.70. The van der Waals surface area contributed by atoms with Crippen LogP contribution in [-0.4, -0.2) is 43.4 Å². The molecule has 4 nitrogen and oxygen atoms in total. The van der Waals surface area contributed by atoms with Gasteiger partial charge in [-0.3, -0.25) is 0 Å². The Morgan fingerprint density at radius 2 is 2.00 bits per heavy atom. The summed E-state index contributed by atoms with van der Waals surface area (Å²) < 4.78 is 34.1. The number of nitrogens with zero attached hydrogens (tertiary/aromatic N) is 1. The molecule has 0 aromatic heterocycles. The number of aliphatic hydroxyl groups is 1. The molecular weight excluding hydrogens is 268 g/mol. The molecule has 0 aliphatic carbocycles. The van der Waals surface area contributed by atoms with Crippen molar-refractivity contribution in [1.29, 1.82) is 0 Å². The van der Waals surface area contributed by atoms with Crippen LogP contribution in [0, 0.1) is 0 Å². The van der Waals surface area contributed by atoms with Crippen molar-refractivity contribution in [3.05, 3.63) is 23.8 Å². The highest BCUT2D eigenvalue weighted by molar-refractivity contribution is 5.42. The van der Waals surface area contributed by atoms with Crippen LogP contribution in [0.5, 0.6) is 11.5 Å². The Labute approximate surface area is 117 Å². The first kappa shape index (κ1) is 16.7.